The van der Waals surface area contributed by atoms with Gasteiger partial charge in [0.2, 0.25) is 0 Å². The van der Waals surface area contributed by atoms with E-state index in [4.69, 9.17) is 20.9 Å². The molecule has 2 unspecified atom stereocenters. The molecular weight excluding hydrogens is 268 g/mol. The van der Waals surface area contributed by atoms with Crippen molar-refractivity contribution in [1.29, 1.82) is 0 Å². The molecule has 6 heteroatoms. The van der Waals surface area contributed by atoms with Crippen LogP contribution in [0.1, 0.15) is 41.9 Å². The summed E-state index contributed by atoms with van der Waals surface area (Å²) in [7, 11) is 1.56. The first-order valence-electron chi connectivity index (χ1n) is 6.56. The molecule has 0 bridgehead atoms. The molecular formula is C13H19ClN2O3. The second-order valence-corrected chi connectivity index (χ2v) is 5.57. The quantitative estimate of drug-likeness (QED) is 0.844. The summed E-state index contributed by atoms with van der Waals surface area (Å²) >= 11 is 6.13. The number of carbonyl (C=O) groups is 1. The van der Waals surface area contributed by atoms with Crippen LogP contribution in [0, 0.1) is 5.92 Å². The van der Waals surface area contributed by atoms with Crippen LogP contribution in [0.2, 0.25) is 0 Å². The molecule has 2 atom stereocenters. The van der Waals surface area contributed by atoms with E-state index >= 15 is 0 Å². The van der Waals surface area contributed by atoms with E-state index in [1.165, 1.54) is 0 Å². The summed E-state index contributed by atoms with van der Waals surface area (Å²) in [5.41, 5.74) is 0.297. The molecule has 1 aromatic rings. The predicted molar refractivity (Wildman–Crippen MR) is 71.1 cm³/mol. The summed E-state index contributed by atoms with van der Waals surface area (Å²) < 4.78 is 9.89. The van der Waals surface area contributed by atoms with Crippen molar-refractivity contribution < 1.29 is 14.1 Å². The van der Waals surface area contributed by atoms with Gasteiger partial charge in [-0.1, -0.05) is 11.6 Å². The third kappa shape index (κ3) is 4.21. The molecule has 2 rings (SSSR count). The highest BCUT2D eigenvalue weighted by Gasteiger charge is 2.21. The van der Waals surface area contributed by atoms with Crippen molar-refractivity contribution >= 4 is 17.5 Å². The molecule has 5 nitrogen and oxygen atoms in total. The Morgan fingerprint density at radius 2 is 2.47 bits per heavy atom. The zero-order chi connectivity index (χ0) is 13.7. The molecule has 1 saturated carbocycles. The van der Waals surface area contributed by atoms with Gasteiger partial charge in [0.1, 0.15) is 6.61 Å². The van der Waals surface area contributed by atoms with E-state index in [2.05, 4.69) is 10.5 Å². The Bertz CT molecular complexity index is 422. The van der Waals surface area contributed by atoms with Crippen LogP contribution in [0.4, 0.5) is 0 Å². The number of carbonyl (C=O) groups excluding carboxylic acids is 1. The molecule has 0 aromatic carbocycles. The van der Waals surface area contributed by atoms with Crippen molar-refractivity contribution in [2.24, 2.45) is 5.92 Å². The van der Waals surface area contributed by atoms with E-state index in [1.807, 2.05) is 0 Å². The Labute approximate surface area is 117 Å². The Morgan fingerprint density at radius 3 is 3.21 bits per heavy atom. The molecule has 0 radical (unpaired) electrons. The lowest BCUT2D eigenvalue weighted by atomic mass is 9.89. The van der Waals surface area contributed by atoms with E-state index in [0.717, 1.165) is 25.7 Å². The average molecular weight is 287 g/mol. The fourth-order valence-corrected chi connectivity index (χ4v) is 2.77. The number of hydrogen-bond donors (Lipinski definition) is 1. The Hall–Kier alpha value is -1.07. The van der Waals surface area contributed by atoms with Crippen LogP contribution in [0.15, 0.2) is 10.6 Å². The highest BCUT2D eigenvalue weighted by molar-refractivity contribution is 6.20. The number of nitrogens with zero attached hydrogens (tertiary/aromatic N) is 1. The Kier molecular flexibility index (Phi) is 5.22. The summed E-state index contributed by atoms with van der Waals surface area (Å²) in [6.45, 7) is 0.964. The van der Waals surface area contributed by atoms with Crippen molar-refractivity contribution in [1.82, 2.24) is 10.5 Å². The van der Waals surface area contributed by atoms with E-state index in [-0.39, 0.29) is 11.3 Å². The number of amides is 1. The lowest BCUT2D eigenvalue weighted by Gasteiger charge is -2.25. The minimum Gasteiger partial charge on any atom is -0.377 e. The van der Waals surface area contributed by atoms with Gasteiger partial charge in [-0.3, -0.25) is 4.79 Å². The van der Waals surface area contributed by atoms with Crippen molar-refractivity contribution in [3.63, 3.8) is 0 Å². The van der Waals surface area contributed by atoms with Gasteiger partial charge in [0, 0.05) is 25.1 Å². The lowest BCUT2D eigenvalue weighted by Crippen LogP contribution is -2.32. The molecule has 106 valence electrons. The maximum Gasteiger partial charge on any atom is 0.273 e. The van der Waals surface area contributed by atoms with Crippen LogP contribution in [-0.4, -0.2) is 30.1 Å². The van der Waals surface area contributed by atoms with Crippen LogP contribution >= 0.6 is 11.6 Å². The molecule has 1 heterocycles. The molecule has 0 saturated heterocycles. The van der Waals surface area contributed by atoms with Crippen LogP contribution in [-0.2, 0) is 11.3 Å². The summed E-state index contributed by atoms with van der Waals surface area (Å²) in [5.74, 6) is 0.805. The predicted octanol–water partition coefficient (Wildman–Crippen LogP) is 2.35. The van der Waals surface area contributed by atoms with Crippen LogP contribution < -0.4 is 5.32 Å². The molecule has 1 aromatic heterocycles. The van der Waals surface area contributed by atoms with Gasteiger partial charge < -0.3 is 14.6 Å². The van der Waals surface area contributed by atoms with E-state index in [0.29, 0.717) is 30.5 Å². The first-order valence-corrected chi connectivity index (χ1v) is 6.99. The second-order valence-electron chi connectivity index (χ2n) is 4.95. The van der Waals surface area contributed by atoms with Crippen LogP contribution in [0.25, 0.3) is 0 Å². The highest BCUT2D eigenvalue weighted by Crippen LogP contribution is 2.27. The van der Waals surface area contributed by atoms with Crippen molar-refractivity contribution in [2.45, 2.75) is 37.7 Å². The van der Waals surface area contributed by atoms with Crippen LogP contribution in [0.5, 0.6) is 0 Å². The standard InChI is InChI=1S/C13H19ClN2O3/c1-18-8-11-6-12(16-19-11)13(17)15-7-9-3-2-4-10(14)5-9/h6,9-10H,2-5,7-8H2,1H3,(H,15,17). The van der Waals surface area contributed by atoms with Gasteiger partial charge in [-0.05, 0) is 25.2 Å². The monoisotopic (exact) mass is 286 g/mol. The number of hydrogen-bond acceptors (Lipinski definition) is 4. The van der Waals surface area contributed by atoms with Gasteiger partial charge in [0.25, 0.3) is 5.91 Å². The van der Waals surface area contributed by atoms with Gasteiger partial charge in [-0.15, -0.1) is 11.6 Å². The average Bonchev–Trinajstić information content (AvgIpc) is 2.85. The maximum atomic E-state index is 11.9. The zero-order valence-electron chi connectivity index (χ0n) is 11.0. The number of halogens is 1. The normalized spacial score (nSPS) is 23.3. The van der Waals surface area contributed by atoms with Gasteiger partial charge in [0.05, 0.1) is 0 Å². The Morgan fingerprint density at radius 1 is 1.63 bits per heavy atom. The largest absolute Gasteiger partial charge is 0.377 e. The number of alkyl halides is 1. The van der Waals surface area contributed by atoms with Gasteiger partial charge in [-0.2, -0.15) is 0 Å². The van der Waals surface area contributed by atoms with Gasteiger partial charge in [0.15, 0.2) is 11.5 Å². The first-order chi connectivity index (χ1) is 9.19. The maximum absolute atomic E-state index is 11.9. The summed E-state index contributed by atoms with van der Waals surface area (Å²) in [4.78, 5) is 11.9. The molecule has 1 fully saturated rings. The minimum atomic E-state index is -0.206. The molecule has 1 N–H and O–H groups in total. The van der Waals surface area contributed by atoms with Crippen molar-refractivity contribution in [3.05, 3.63) is 17.5 Å². The molecule has 0 aliphatic heterocycles. The zero-order valence-corrected chi connectivity index (χ0v) is 11.8. The summed E-state index contributed by atoms with van der Waals surface area (Å²) in [5, 5.41) is 6.85. The summed E-state index contributed by atoms with van der Waals surface area (Å²) in [6.07, 6.45) is 4.30. The number of ether oxygens (including phenoxy) is 1. The smallest absolute Gasteiger partial charge is 0.273 e. The van der Waals surface area contributed by atoms with E-state index < -0.39 is 0 Å². The third-order valence-corrected chi connectivity index (χ3v) is 3.74. The SMILES string of the molecule is COCc1cc(C(=O)NCC2CCCC(Cl)C2)no1. The van der Waals surface area contributed by atoms with E-state index in [9.17, 15) is 4.79 Å². The molecule has 1 aliphatic carbocycles. The Balaban J connectivity index is 1.79. The molecule has 1 aliphatic rings. The fraction of sp³-hybridized carbons (Fsp3) is 0.692. The molecule has 1 amide bonds. The van der Waals surface area contributed by atoms with Gasteiger partial charge >= 0.3 is 0 Å². The fourth-order valence-electron chi connectivity index (χ4n) is 2.37. The number of rotatable bonds is 5. The molecule has 19 heavy (non-hydrogen) atoms. The third-order valence-electron chi connectivity index (χ3n) is 3.35. The topological polar surface area (TPSA) is 64.4 Å². The van der Waals surface area contributed by atoms with Crippen molar-refractivity contribution in [3.8, 4) is 0 Å². The van der Waals surface area contributed by atoms with Gasteiger partial charge in [-0.25, -0.2) is 0 Å². The molecule has 0 spiro atoms. The number of methoxy groups -OCH3 is 1. The van der Waals surface area contributed by atoms with Crippen molar-refractivity contribution in [2.75, 3.05) is 13.7 Å². The second kappa shape index (κ2) is 6.91. The number of aromatic nitrogens is 1. The minimum absolute atomic E-state index is 0.206. The first kappa shape index (κ1) is 14.3. The van der Waals surface area contributed by atoms with E-state index in [1.54, 1.807) is 13.2 Å². The highest BCUT2D eigenvalue weighted by atomic mass is 35.5. The summed E-state index contributed by atoms with van der Waals surface area (Å²) in [6, 6.07) is 1.60. The van der Waals surface area contributed by atoms with Crippen LogP contribution in [0.3, 0.4) is 0 Å². The number of nitrogens with one attached hydrogen (secondary N) is 1. The lowest BCUT2D eigenvalue weighted by molar-refractivity contribution is 0.0934.